The fourth-order valence-corrected chi connectivity index (χ4v) is 1.69. The molecule has 4 heteroatoms. The summed E-state index contributed by atoms with van der Waals surface area (Å²) < 4.78 is 0. The predicted molar refractivity (Wildman–Crippen MR) is 75.9 cm³/mol. The van der Waals surface area contributed by atoms with Gasteiger partial charge in [-0.15, -0.1) is 0 Å². The van der Waals surface area contributed by atoms with Crippen molar-refractivity contribution in [3.8, 4) is 0 Å². The average Bonchev–Trinajstić information content (AvgIpc) is 2.36. The summed E-state index contributed by atoms with van der Waals surface area (Å²) in [6.07, 6.45) is 2.05. The summed E-state index contributed by atoms with van der Waals surface area (Å²) in [5.41, 5.74) is 1.60. The van der Waals surface area contributed by atoms with Crippen molar-refractivity contribution in [3.05, 3.63) is 29.8 Å². The van der Waals surface area contributed by atoms with Gasteiger partial charge in [-0.05, 0) is 25.3 Å². The van der Waals surface area contributed by atoms with Gasteiger partial charge in [0.05, 0.1) is 5.56 Å². The van der Waals surface area contributed by atoms with Crippen LogP contribution < -0.4 is 10.6 Å². The quantitative estimate of drug-likeness (QED) is 0.817. The molecule has 0 aliphatic heterocycles. The largest absolute Gasteiger partial charge is 0.385 e. The fourth-order valence-electron chi connectivity index (χ4n) is 1.44. The Kier molecular flexibility index (Phi) is 5.91. The van der Waals surface area contributed by atoms with Gasteiger partial charge in [-0.3, -0.25) is 4.79 Å². The summed E-state index contributed by atoms with van der Waals surface area (Å²) in [4.78, 5) is 12.0. The number of carbonyl (C=O) groups excluding carboxylic acids is 1. The summed E-state index contributed by atoms with van der Waals surface area (Å²) >= 11 is 1.75. The lowest BCUT2D eigenvalue weighted by atomic mass is 10.1. The van der Waals surface area contributed by atoms with Crippen molar-refractivity contribution >= 4 is 23.4 Å². The zero-order chi connectivity index (χ0) is 12.7. The van der Waals surface area contributed by atoms with Crippen LogP contribution in [0.1, 0.15) is 24.2 Å². The zero-order valence-corrected chi connectivity index (χ0v) is 11.4. The van der Waals surface area contributed by atoms with Gasteiger partial charge in [-0.1, -0.05) is 19.1 Å². The Hall–Kier alpha value is -1.16. The molecule has 1 atom stereocenters. The molecule has 17 heavy (non-hydrogen) atoms. The van der Waals surface area contributed by atoms with Crippen LogP contribution in [0, 0.1) is 0 Å². The Labute approximate surface area is 107 Å². The third-order valence-corrected chi connectivity index (χ3v) is 3.46. The molecule has 0 saturated carbocycles. The van der Waals surface area contributed by atoms with Gasteiger partial charge >= 0.3 is 0 Å². The molecule has 0 radical (unpaired) electrons. The molecule has 1 aromatic rings. The maximum Gasteiger partial charge on any atom is 0.253 e. The number of rotatable bonds is 6. The molecule has 3 nitrogen and oxygen atoms in total. The van der Waals surface area contributed by atoms with Crippen LogP contribution in [0.5, 0.6) is 0 Å². The molecule has 0 heterocycles. The minimum Gasteiger partial charge on any atom is -0.385 e. The van der Waals surface area contributed by atoms with Crippen LogP contribution in [0.25, 0.3) is 0 Å². The van der Waals surface area contributed by atoms with Crippen LogP contribution in [0.2, 0.25) is 0 Å². The number of amides is 1. The minimum atomic E-state index is -0.0116. The van der Waals surface area contributed by atoms with Gasteiger partial charge in [0.25, 0.3) is 5.91 Å². The fraction of sp³-hybridized carbons (Fsp3) is 0.462. The summed E-state index contributed by atoms with van der Waals surface area (Å²) in [6, 6.07) is 7.58. The highest BCUT2D eigenvalue weighted by Crippen LogP contribution is 2.14. The van der Waals surface area contributed by atoms with Gasteiger partial charge in [0, 0.05) is 24.0 Å². The zero-order valence-electron chi connectivity index (χ0n) is 10.6. The number of benzene rings is 1. The molecule has 0 aliphatic rings. The molecule has 94 valence electrons. The number of thioether (sulfide) groups is 1. The van der Waals surface area contributed by atoms with Crippen molar-refractivity contribution in [1.29, 1.82) is 0 Å². The Morgan fingerprint density at radius 2 is 2.12 bits per heavy atom. The summed E-state index contributed by atoms with van der Waals surface area (Å²) in [6.45, 7) is 5.62. The number of hydrogen-bond donors (Lipinski definition) is 2. The van der Waals surface area contributed by atoms with Crippen molar-refractivity contribution < 1.29 is 4.79 Å². The third kappa shape index (κ3) is 4.30. The maximum atomic E-state index is 12.0. The lowest BCUT2D eigenvalue weighted by Crippen LogP contribution is -2.29. The summed E-state index contributed by atoms with van der Waals surface area (Å²) in [5, 5.41) is 6.58. The van der Waals surface area contributed by atoms with Gasteiger partial charge in [0.15, 0.2) is 0 Å². The molecule has 0 saturated heterocycles. The van der Waals surface area contributed by atoms with Crippen LogP contribution in [0.15, 0.2) is 24.3 Å². The molecule has 0 aliphatic carbocycles. The molecule has 1 unspecified atom stereocenters. The Balaban J connectivity index is 2.67. The van der Waals surface area contributed by atoms with E-state index in [0.29, 0.717) is 17.4 Å². The van der Waals surface area contributed by atoms with Gasteiger partial charge in [0.1, 0.15) is 0 Å². The lowest BCUT2D eigenvalue weighted by molar-refractivity contribution is 0.0955. The monoisotopic (exact) mass is 252 g/mol. The average molecular weight is 252 g/mol. The van der Waals surface area contributed by atoms with Crippen molar-refractivity contribution in [3.63, 3.8) is 0 Å². The second-order valence-electron chi connectivity index (χ2n) is 3.83. The number of nitrogens with one attached hydrogen (secondary N) is 2. The molecule has 0 spiro atoms. The first-order valence-electron chi connectivity index (χ1n) is 5.83. The number of para-hydroxylation sites is 1. The predicted octanol–water partition coefficient (Wildman–Crippen LogP) is 2.60. The summed E-state index contributed by atoms with van der Waals surface area (Å²) in [5.74, 6) is -0.0116. The van der Waals surface area contributed by atoms with E-state index in [1.807, 2.05) is 37.4 Å². The van der Waals surface area contributed by atoms with E-state index < -0.39 is 0 Å². The lowest BCUT2D eigenvalue weighted by Gasteiger charge is -2.13. The van der Waals surface area contributed by atoms with E-state index in [0.717, 1.165) is 12.2 Å². The van der Waals surface area contributed by atoms with E-state index in [4.69, 9.17) is 0 Å². The van der Waals surface area contributed by atoms with Gasteiger partial charge in [-0.2, -0.15) is 11.8 Å². The van der Waals surface area contributed by atoms with E-state index in [9.17, 15) is 4.79 Å². The SMILES string of the molecule is CCNc1ccccc1C(=O)NCC(C)SC. The highest BCUT2D eigenvalue weighted by molar-refractivity contribution is 7.99. The molecule has 1 aromatic carbocycles. The van der Waals surface area contributed by atoms with Crippen LogP contribution in [0.4, 0.5) is 5.69 Å². The molecule has 2 N–H and O–H groups in total. The molecule has 0 aromatic heterocycles. The van der Waals surface area contributed by atoms with E-state index in [1.54, 1.807) is 11.8 Å². The van der Waals surface area contributed by atoms with E-state index in [2.05, 4.69) is 17.6 Å². The molecule has 1 rings (SSSR count). The van der Waals surface area contributed by atoms with Gasteiger partial charge in [-0.25, -0.2) is 0 Å². The second-order valence-corrected chi connectivity index (χ2v) is 5.11. The smallest absolute Gasteiger partial charge is 0.253 e. The normalized spacial score (nSPS) is 11.9. The van der Waals surface area contributed by atoms with Gasteiger partial charge in [0.2, 0.25) is 0 Å². The summed E-state index contributed by atoms with van der Waals surface area (Å²) in [7, 11) is 0. The Bertz CT molecular complexity index is 368. The number of hydrogen-bond acceptors (Lipinski definition) is 3. The third-order valence-electron chi connectivity index (χ3n) is 2.49. The first-order chi connectivity index (χ1) is 8.19. The standard InChI is InChI=1S/C13H20N2OS/c1-4-14-12-8-6-5-7-11(12)13(16)15-9-10(2)17-3/h5-8,10,14H,4,9H2,1-3H3,(H,15,16). The first kappa shape index (κ1) is 13.9. The number of carbonyl (C=O) groups is 1. The van der Waals surface area contributed by atoms with Crippen LogP contribution in [-0.4, -0.2) is 30.5 Å². The van der Waals surface area contributed by atoms with E-state index >= 15 is 0 Å². The van der Waals surface area contributed by atoms with Crippen LogP contribution >= 0.6 is 11.8 Å². The van der Waals surface area contributed by atoms with Crippen molar-refractivity contribution in [2.45, 2.75) is 19.1 Å². The van der Waals surface area contributed by atoms with Crippen molar-refractivity contribution in [2.75, 3.05) is 24.7 Å². The molecule has 1 amide bonds. The maximum absolute atomic E-state index is 12.0. The first-order valence-corrected chi connectivity index (χ1v) is 7.11. The van der Waals surface area contributed by atoms with Crippen LogP contribution in [-0.2, 0) is 0 Å². The topological polar surface area (TPSA) is 41.1 Å². The van der Waals surface area contributed by atoms with Crippen molar-refractivity contribution in [2.24, 2.45) is 0 Å². The van der Waals surface area contributed by atoms with Crippen LogP contribution in [0.3, 0.4) is 0 Å². The van der Waals surface area contributed by atoms with Gasteiger partial charge < -0.3 is 10.6 Å². The highest BCUT2D eigenvalue weighted by Gasteiger charge is 2.10. The highest BCUT2D eigenvalue weighted by atomic mass is 32.2. The Morgan fingerprint density at radius 1 is 1.41 bits per heavy atom. The molecule has 0 bridgehead atoms. The molecular weight excluding hydrogens is 232 g/mol. The molecular formula is C13H20N2OS. The second kappa shape index (κ2) is 7.22. The van der Waals surface area contributed by atoms with E-state index in [1.165, 1.54) is 0 Å². The molecule has 0 fully saturated rings. The van der Waals surface area contributed by atoms with E-state index in [-0.39, 0.29) is 5.91 Å². The number of anilines is 1. The van der Waals surface area contributed by atoms with Crippen molar-refractivity contribution in [1.82, 2.24) is 5.32 Å². The minimum absolute atomic E-state index is 0.0116. The Morgan fingerprint density at radius 3 is 2.76 bits per heavy atom.